The van der Waals surface area contributed by atoms with Gasteiger partial charge in [-0.1, -0.05) is 54.6 Å². The third-order valence-electron chi connectivity index (χ3n) is 4.86. The molecule has 152 valence electrons. The first kappa shape index (κ1) is 19.3. The van der Waals surface area contributed by atoms with Crippen LogP contribution in [-0.2, 0) is 11.3 Å². The minimum absolute atomic E-state index is 0.121. The van der Waals surface area contributed by atoms with Crippen molar-refractivity contribution in [1.82, 2.24) is 14.5 Å². The molecule has 5 aromatic rings. The average molecular weight is 445 g/mol. The molecule has 0 spiro atoms. The fourth-order valence-corrected chi connectivity index (χ4v) is 4.82. The molecular weight excluding hydrogens is 428 g/mol. The molecule has 0 saturated heterocycles. The number of nitrogens with zero attached hydrogens (tertiary/aromatic N) is 3. The van der Waals surface area contributed by atoms with Gasteiger partial charge in [0.25, 0.3) is 5.56 Å². The normalized spacial score (nSPS) is 11.0. The lowest BCUT2D eigenvalue weighted by molar-refractivity contribution is -0.116. The lowest BCUT2D eigenvalue weighted by Crippen LogP contribution is -2.27. The molecule has 0 aliphatic heterocycles. The number of nitrogens with one attached hydrogen (secondary N) is 1. The largest absolute Gasteiger partial charge is 0.300 e. The van der Waals surface area contributed by atoms with Crippen molar-refractivity contribution in [2.75, 3.05) is 5.32 Å². The van der Waals surface area contributed by atoms with E-state index in [4.69, 9.17) is 0 Å². The summed E-state index contributed by atoms with van der Waals surface area (Å²) in [6, 6.07) is 18.2. The third-order valence-corrected chi connectivity index (χ3v) is 6.43. The zero-order valence-corrected chi connectivity index (χ0v) is 17.8. The summed E-state index contributed by atoms with van der Waals surface area (Å²) >= 11 is 2.75. The smallest absolute Gasteiger partial charge is 0.263 e. The average Bonchev–Trinajstić information content (AvgIpc) is 3.47. The predicted molar refractivity (Wildman–Crippen MR) is 125 cm³/mol. The topological polar surface area (TPSA) is 76.9 Å². The van der Waals surface area contributed by atoms with Gasteiger partial charge in [-0.3, -0.25) is 14.2 Å². The Morgan fingerprint density at radius 1 is 0.935 bits per heavy atom. The van der Waals surface area contributed by atoms with Crippen LogP contribution in [0.4, 0.5) is 5.13 Å². The highest BCUT2D eigenvalue weighted by Crippen LogP contribution is 2.32. The molecule has 0 unspecified atom stereocenters. The maximum Gasteiger partial charge on any atom is 0.263 e. The number of hydrogen-bond acceptors (Lipinski definition) is 6. The minimum Gasteiger partial charge on any atom is -0.300 e. The number of hydrogen-bond donors (Lipinski definition) is 1. The van der Waals surface area contributed by atoms with Gasteiger partial charge in [-0.05, 0) is 16.7 Å². The van der Waals surface area contributed by atoms with Gasteiger partial charge in [-0.25, -0.2) is 9.97 Å². The maximum absolute atomic E-state index is 13.1. The van der Waals surface area contributed by atoms with Crippen LogP contribution in [-0.4, -0.2) is 20.4 Å². The highest BCUT2D eigenvalue weighted by Gasteiger charge is 2.15. The van der Waals surface area contributed by atoms with E-state index >= 15 is 0 Å². The summed E-state index contributed by atoms with van der Waals surface area (Å²) in [5.74, 6) is -0.317. The fraction of sp³-hybridized carbons (Fsp3) is 0.0435. The molecule has 31 heavy (non-hydrogen) atoms. The third kappa shape index (κ3) is 3.90. The van der Waals surface area contributed by atoms with Crippen molar-refractivity contribution in [3.05, 3.63) is 88.2 Å². The van der Waals surface area contributed by atoms with Gasteiger partial charge in [0.15, 0.2) is 5.13 Å². The van der Waals surface area contributed by atoms with Gasteiger partial charge >= 0.3 is 0 Å². The van der Waals surface area contributed by atoms with Gasteiger partial charge in [-0.2, -0.15) is 0 Å². The van der Waals surface area contributed by atoms with Crippen LogP contribution in [0.15, 0.2) is 82.7 Å². The quantitative estimate of drug-likeness (QED) is 0.419. The highest BCUT2D eigenvalue weighted by molar-refractivity contribution is 7.17. The number of thiophene rings is 1. The SMILES string of the molecule is O=C(Cn1cnc2scc(-c3ccc(-c4ccccc4)cc3)c2c1=O)Nc1nccs1. The van der Waals surface area contributed by atoms with Gasteiger partial charge in [-0.15, -0.1) is 22.7 Å². The van der Waals surface area contributed by atoms with Gasteiger partial charge < -0.3 is 5.32 Å². The van der Waals surface area contributed by atoms with Crippen LogP contribution < -0.4 is 10.9 Å². The number of benzene rings is 2. The Bertz CT molecular complexity index is 1410. The second kappa shape index (κ2) is 8.25. The van der Waals surface area contributed by atoms with E-state index in [1.807, 2.05) is 47.8 Å². The Hall–Kier alpha value is -3.62. The Morgan fingerprint density at radius 3 is 2.42 bits per heavy atom. The second-order valence-corrected chi connectivity index (χ2v) is 8.59. The van der Waals surface area contributed by atoms with E-state index < -0.39 is 0 Å². The highest BCUT2D eigenvalue weighted by atomic mass is 32.1. The summed E-state index contributed by atoms with van der Waals surface area (Å²) in [5, 5.41) is 7.44. The standard InChI is InChI=1S/C23H16N4O2S2/c28-19(26-23-24-10-11-30-23)12-27-14-25-21-20(22(27)29)18(13-31-21)17-8-6-16(7-9-17)15-4-2-1-3-5-15/h1-11,13-14H,12H2,(H,24,26,28). The van der Waals surface area contributed by atoms with Crippen molar-refractivity contribution < 1.29 is 4.79 Å². The molecule has 0 saturated carbocycles. The molecule has 3 aromatic heterocycles. The van der Waals surface area contributed by atoms with E-state index in [9.17, 15) is 9.59 Å². The van der Waals surface area contributed by atoms with Gasteiger partial charge in [0.05, 0.1) is 11.7 Å². The molecule has 0 fully saturated rings. The van der Waals surface area contributed by atoms with E-state index in [0.29, 0.717) is 15.3 Å². The summed E-state index contributed by atoms with van der Waals surface area (Å²) in [6.07, 6.45) is 3.03. The molecular formula is C23H16N4O2S2. The number of carbonyl (C=O) groups is 1. The number of carbonyl (C=O) groups excluding carboxylic acids is 1. The second-order valence-electron chi connectivity index (χ2n) is 6.84. The number of thiazole rings is 1. The van der Waals surface area contributed by atoms with E-state index in [1.54, 1.807) is 11.6 Å². The monoisotopic (exact) mass is 444 g/mol. The maximum atomic E-state index is 13.1. The molecule has 0 bridgehead atoms. The van der Waals surface area contributed by atoms with Crippen LogP contribution in [0, 0.1) is 0 Å². The van der Waals surface area contributed by atoms with E-state index in [0.717, 1.165) is 22.3 Å². The van der Waals surface area contributed by atoms with E-state index in [1.165, 1.54) is 33.6 Å². The van der Waals surface area contributed by atoms with Crippen LogP contribution in [0.2, 0.25) is 0 Å². The Kier molecular flexibility index (Phi) is 5.15. The molecule has 0 aliphatic rings. The molecule has 0 atom stereocenters. The number of rotatable bonds is 5. The minimum atomic E-state index is -0.317. The predicted octanol–water partition coefficient (Wildman–Crippen LogP) is 4.89. The van der Waals surface area contributed by atoms with Crippen LogP contribution in [0.5, 0.6) is 0 Å². The molecule has 1 N–H and O–H groups in total. The molecule has 5 rings (SSSR count). The Labute approximate surface area is 185 Å². The molecule has 0 aliphatic carbocycles. The van der Waals surface area contributed by atoms with Crippen molar-refractivity contribution >= 4 is 43.9 Å². The zero-order chi connectivity index (χ0) is 21.2. The van der Waals surface area contributed by atoms with Crippen molar-refractivity contribution in [3.63, 3.8) is 0 Å². The summed E-state index contributed by atoms with van der Waals surface area (Å²) in [4.78, 5) is 34.5. The van der Waals surface area contributed by atoms with Crippen molar-refractivity contribution in [2.45, 2.75) is 6.54 Å². The van der Waals surface area contributed by atoms with Crippen molar-refractivity contribution in [3.8, 4) is 22.3 Å². The Morgan fingerprint density at radius 2 is 1.68 bits per heavy atom. The van der Waals surface area contributed by atoms with Gasteiger partial charge in [0.2, 0.25) is 5.91 Å². The molecule has 2 aromatic carbocycles. The van der Waals surface area contributed by atoms with Crippen LogP contribution >= 0.6 is 22.7 Å². The Balaban J connectivity index is 1.47. The van der Waals surface area contributed by atoms with E-state index in [-0.39, 0.29) is 18.0 Å². The van der Waals surface area contributed by atoms with Crippen LogP contribution in [0.1, 0.15) is 0 Å². The molecule has 3 heterocycles. The summed E-state index contributed by atoms with van der Waals surface area (Å²) in [6.45, 7) is -0.121. The fourth-order valence-electron chi connectivity index (χ4n) is 3.36. The lowest BCUT2D eigenvalue weighted by Gasteiger charge is -2.07. The summed E-state index contributed by atoms with van der Waals surface area (Å²) in [7, 11) is 0. The number of aromatic nitrogens is 3. The van der Waals surface area contributed by atoms with Crippen molar-refractivity contribution in [2.24, 2.45) is 0 Å². The van der Waals surface area contributed by atoms with Gasteiger partial charge in [0.1, 0.15) is 11.4 Å². The summed E-state index contributed by atoms with van der Waals surface area (Å²) in [5.41, 5.74) is 3.78. The van der Waals surface area contributed by atoms with Crippen molar-refractivity contribution in [1.29, 1.82) is 0 Å². The molecule has 8 heteroatoms. The van der Waals surface area contributed by atoms with E-state index in [2.05, 4.69) is 27.4 Å². The zero-order valence-electron chi connectivity index (χ0n) is 16.2. The molecule has 1 amide bonds. The lowest BCUT2D eigenvalue weighted by atomic mass is 10.0. The summed E-state index contributed by atoms with van der Waals surface area (Å²) < 4.78 is 1.33. The molecule has 0 radical (unpaired) electrons. The van der Waals surface area contributed by atoms with Gasteiger partial charge in [0, 0.05) is 22.5 Å². The first-order valence-electron chi connectivity index (χ1n) is 9.51. The first-order chi connectivity index (χ1) is 15.2. The van der Waals surface area contributed by atoms with Crippen LogP contribution in [0.3, 0.4) is 0 Å². The molecule has 6 nitrogen and oxygen atoms in total. The first-order valence-corrected chi connectivity index (χ1v) is 11.3. The van der Waals surface area contributed by atoms with Crippen LogP contribution in [0.25, 0.3) is 32.5 Å². The number of amides is 1. The number of fused-ring (bicyclic) bond motifs is 1. The number of anilines is 1.